The monoisotopic (exact) mass is 553 g/mol. The van der Waals surface area contributed by atoms with E-state index in [0.717, 1.165) is 27.5 Å². The molecule has 0 N–H and O–H groups in total. The molecule has 0 saturated carbocycles. The summed E-state index contributed by atoms with van der Waals surface area (Å²) in [5, 5.41) is 7.19. The standard InChI is InChI=1S/C38H23N3S/c1-23-17-20-36-29(21-23)26-11-7-16-35(38(26)42-36)41-31-13-5-3-9-25(31)28-22-24(18-19-33(28)41)40-32-14-6-4-10-27(32)37-30(39-2)12-8-15-34(37)40/h3-22H,1H3. The van der Waals surface area contributed by atoms with E-state index in [4.69, 9.17) is 6.57 Å². The lowest BCUT2D eigenvalue weighted by atomic mass is 10.1. The number of fused-ring (bicyclic) bond motifs is 9. The van der Waals surface area contributed by atoms with Crippen molar-refractivity contribution in [3.63, 3.8) is 0 Å². The molecule has 0 amide bonds. The van der Waals surface area contributed by atoms with Crippen LogP contribution in [0.25, 0.3) is 80.0 Å². The molecular formula is C38H23N3S. The third-order valence-electron chi connectivity index (χ3n) is 8.58. The minimum absolute atomic E-state index is 0.687. The van der Waals surface area contributed by atoms with Gasteiger partial charge >= 0.3 is 0 Å². The van der Waals surface area contributed by atoms with E-state index in [9.17, 15) is 0 Å². The first-order valence-corrected chi connectivity index (χ1v) is 14.9. The van der Waals surface area contributed by atoms with Gasteiger partial charge in [0, 0.05) is 42.8 Å². The molecule has 0 aliphatic rings. The van der Waals surface area contributed by atoms with Gasteiger partial charge in [0.2, 0.25) is 0 Å². The lowest BCUT2D eigenvalue weighted by Gasteiger charge is -2.11. The molecule has 3 heterocycles. The van der Waals surface area contributed by atoms with E-state index in [1.807, 2.05) is 23.5 Å². The fourth-order valence-electron chi connectivity index (χ4n) is 6.80. The average molecular weight is 554 g/mol. The number of rotatable bonds is 2. The number of aromatic nitrogens is 2. The highest BCUT2D eigenvalue weighted by Crippen LogP contribution is 2.42. The summed E-state index contributed by atoms with van der Waals surface area (Å²) in [6.45, 7) is 9.98. The van der Waals surface area contributed by atoms with Gasteiger partial charge in [-0.2, -0.15) is 0 Å². The Morgan fingerprint density at radius 2 is 1.29 bits per heavy atom. The quantitative estimate of drug-likeness (QED) is 0.189. The molecular weight excluding hydrogens is 531 g/mol. The highest BCUT2D eigenvalue weighted by Gasteiger charge is 2.19. The van der Waals surface area contributed by atoms with Crippen molar-refractivity contribution in [1.29, 1.82) is 0 Å². The molecule has 42 heavy (non-hydrogen) atoms. The number of hydrogen-bond donors (Lipinski definition) is 0. The van der Waals surface area contributed by atoms with Gasteiger partial charge in [0.05, 0.1) is 33.5 Å². The molecule has 9 aromatic rings. The molecule has 0 unspecified atom stereocenters. The molecule has 196 valence electrons. The molecule has 6 aromatic carbocycles. The van der Waals surface area contributed by atoms with Gasteiger partial charge in [0.15, 0.2) is 5.69 Å². The van der Waals surface area contributed by atoms with Crippen molar-refractivity contribution >= 4 is 80.8 Å². The molecule has 4 heteroatoms. The van der Waals surface area contributed by atoms with Crippen molar-refractivity contribution in [2.45, 2.75) is 6.92 Å². The maximum atomic E-state index is 7.81. The zero-order chi connectivity index (χ0) is 27.9. The van der Waals surface area contributed by atoms with Crippen LogP contribution < -0.4 is 0 Å². The first kappa shape index (κ1) is 23.3. The van der Waals surface area contributed by atoms with Crippen LogP contribution in [0.3, 0.4) is 0 Å². The SMILES string of the molecule is [C-]#[N+]c1cccc2c1c1ccccc1n2-c1ccc2c(c1)c1ccccc1n2-c1cccc2c1sc1ccc(C)cc12. The van der Waals surface area contributed by atoms with Crippen LogP contribution in [0.4, 0.5) is 5.69 Å². The van der Waals surface area contributed by atoms with Crippen LogP contribution in [0, 0.1) is 13.5 Å². The predicted octanol–water partition coefficient (Wildman–Crippen LogP) is 11.1. The number of para-hydroxylation sites is 2. The highest BCUT2D eigenvalue weighted by molar-refractivity contribution is 7.26. The second kappa shape index (κ2) is 8.57. The number of benzene rings is 6. The Morgan fingerprint density at radius 3 is 2.14 bits per heavy atom. The van der Waals surface area contributed by atoms with Crippen LogP contribution in [0.5, 0.6) is 0 Å². The maximum Gasteiger partial charge on any atom is 0.197 e. The minimum atomic E-state index is 0.687. The van der Waals surface area contributed by atoms with Crippen molar-refractivity contribution in [3.8, 4) is 11.4 Å². The van der Waals surface area contributed by atoms with Crippen molar-refractivity contribution in [2.24, 2.45) is 0 Å². The second-order valence-corrected chi connectivity index (χ2v) is 12.0. The summed E-state index contributed by atoms with van der Waals surface area (Å²) in [4.78, 5) is 3.86. The van der Waals surface area contributed by atoms with Gasteiger partial charge in [0.25, 0.3) is 0 Å². The van der Waals surface area contributed by atoms with Crippen LogP contribution in [0.15, 0.2) is 121 Å². The van der Waals surface area contributed by atoms with Crippen LogP contribution in [0.1, 0.15) is 5.56 Å². The van der Waals surface area contributed by atoms with Crippen molar-refractivity contribution in [2.75, 3.05) is 0 Å². The molecule has 3 aromatic heterocycles. The van der Waals surface area contributed by atoms with E-state index in [2.05, 4.69) is 130 Å². The molecule has 3 nitrogen and oxygen atoms in total. The number of aryl methyl sites for hydroxylation is 1. The largest absolute Gasteiger partial charge is 0.311 e. The molecule has 0 fully saturated rings. The van der Waals surface area contributed by atoms with Gasteiger partial charge < -0.3 is 9.13 Å². The number of hydrogen-bond acceptors (Lipinski definition) is 1. The summed E-state index contributed by atoms with van der Waals surface area (Å²) in [5.41, 5.74) is 8.82. The Morgan fingerprint density at radius 1 is 0.571 bits per heavy atom. The van der Waals surface area contributed by atoms with Gasteiger partial charge in [-0.1, -0.05) is 72.3 Å². The Balaban J connectivity index is 1.37. The van der Waals surface area contributed by atoms with Crippen molar-refractivity contribution < 1.29 is 0 Å². The maximum absolute atomic E-state index is 7.81. The van der Waals surface area contributed by atoms with Crippen LogP contribution in [-0.2, 0) is 0 Å². The third kappa shape index (κ3) is 3.09. The van der Waals surface area contributed by atoms with Crippen molar-refractivity contribution in [1.82, 2.24) is 9.13 Å². The van der Waals surface area contributed by atoms with Crippen LogP contribution in [-0.4, -0.2) is 9.13 Å². The molecule has 0 bridgehead atoms. The number of nitrogens with zero attached hydrogens (tertiary/aromatic N) is 3. The highest BCUT2D eigenvalue weighted by atomic mass is 32.1. The van der Waals surface area contributed by atoms with Gasteiger partial charge in [0.1, 0.15) is 0 Å². The van der Waals surface area contributed by atoms with E-state index < -0.39 is 0 Å². The second-order valence-electron chi connectivity index (χ2n) is 10.9. The third-order valence-corrected chi connectivity index (χ3v) is 9.79. The average Bonchev–Trinajstić information content (AvgIpc) is 3.68. The summed E-state index contributed by atoms with van der Waals surface area (Å²) < 4.78 is 7.36. The van der Waals surface area contributed by atoms with Gasteiger partial charge in [-0.25, -0.2) is 4.85 Å². The van der Waals surface area contributed by atoms with Crippen LogP contribution in [0.2, 0.25) is 0 Å². The molecule has 0 aliphatic carbocycles. The minimum Gasteiger partial charge on any atom is -0.311 e. The molecule has 0 saturated heterocycles. The van der Waals surface area contributed by atoms with E-state index in [1.54, 1.807) is 0 Å². The summed E-state index contributed by atoms with van der Waals surface area (Å²) in [6, 6.07) is 43.4. The van der Waals surface area contributed by atoms with Gasteiger partial charge in [-0.15, -0.1) is 11.3 Å². The first-order valence-electron chi connectivity index (χ1n) is 14.1. The first-order chi connectivity index (χ1) is 20.7. The fraction of sp³-hybridized carbons (Fsp3) is 0.0263. The normalized spacial score (nSPS) is 11.9. The van der Waals surface area contributed by atoms with Crippen molar-refractivity contribution in [3.05, 3.63) is 138 Å². The predicted molar refractivity (Wildman–Crippen MR) is 179 cm³/mol. The summed E-state index contributed by atoms with van der Waals surface area (Å²) in [6.07, 6.45) is 0. The Bertz CT molecular complexity index is 2600. The Hall–Kier alpha value is -5.37. The lowest BCUT2D eigenvalue weighted by Crippen LogP contribution is -1.96. The number of thiophene rings is 1. The topological polar surface area (TPSA) is 14.2 Å². The molecule has 0 radical (unpaired) electrons. The van der Waals surface area contributed by atoms with Gasteiger partial charge in [-0.3, -0.25) is 0 Å². The molecule has 9 rings (SSSR count). The molecule has 0 aliphatic heterocycles. The summed E-state index contributed by atoms with van der Waals surface area (Å²) in [5.74, 6) is 0. The molecule has 0 spiro atoms. The Kier molecular flexibility index (Phi) is 4.76. The smallest absolute Gasteiger partial charge is 0.197 e. The fourth-order valence-corrected chi connectivity index (χ4v) is 7.99. The van der Waals surface area contributed by atoms with E-state index in [1.165, 1.54) is 53.2 Å². The van der Waals surface area contributed by atoms with E-state index >= 15 is 0 Å². The zero-order valence-corrected chi connectivity index (χ0v) is 23.6. The van der Waals surface area contributed by atoms with E-state index in [0.29, 0.717) is 5.69 Å². The zero-order valence-electron chi connectivity index (χ0n) is 22.8. The van der Waals surface area contributed by atoms with Crippen LogP contribution >= 0.6 is 11.3 Å². The summed E-state index contributed by atoms with van der Waals surface area (Å²) in [7, 11) is 0. The summed E-state index contributed by atoms with van der Waals surface area (Å²) >= 11 is 1.87. The van der Waals surface area contributed by atoms with Gasteiger partial charge in [-0.05, 0) is 66.9 Å². The van der Waals surface area contributed by atoms with E-state index in [-0.39, 0.29) is 0 Å². The Labute approximate surface area is 245 Å². The molecule has 0 atom stereocenters. The lowest BCUT2D eigenvalue weighted by molar-refractivity contribution is 1.17.